The molecule has 6 rings (SSSR count). The van der Waals surface area contributed by atoms with E-state index in [4.69, 9.17) is 9.72 Å². The van der Waals surface area contributed by atoms with Crippen molar-refractivity contribution in [2.75, 3.05) is 19.4 Å². The smallest absolute Gasteiger partial charge is 0.254 e. The van der Waals surface area contributed by atoms with Crippen LogP contribution in [0.5, 0.6) is 5.75 Å². The molecule has 43 heavy (non-hydrogen) atoms. The Kier molecular flexibility index (Phi) is 7.58. The minimum Gasteiger partial charge on any atom is -0.491 e. The van der Waals surface area contributed by atoms with Crippen LogP contribution in [0.3, 0.4) is 0 Å². The van der Waals surface area contributed by atoms with Crippen molar-refractivity contribution in [3.05, 3.63) is 114 Å². The highest BCUT2D eigenvalue weighted by molar-refractivity contribution is 7.90. The van der Waals surface area contributed by atoms with Gasteiger partial charge in [0.1, 0.15) is 28.9 Å². The molecule has 0 atom stereocenters. The summed E-state index contributed by atoms with van der Waals surface area (Å²) in [5.74, 6) is 0.241. The van der Waals surface area contributed by atoms with Gasteiger partial charge in [-0.2, -0.15) is 0 Å². The number of carbonyl (C=O) groups excluding carboxylic acids is 1. The third-order valence-electron chi connectivity index (χ3n) is 7.66. The van der Waals surface area contributed by atoms with Crippen LogP contribution in [-0.4, -0.2) is 48.6 Å². The van der Waals surface area contributed by atoms with Gasteiger partial charge in [0.2, 0.25) is 0 Å². The third-order valence-corrected chi connectivity index (χ3v) is 8.77. The molecule has 1 aliphatic rings. The second-order valence-electron chi connectivity index (χ2n) is 10.5. The lowest BCUT2D eigenvalue weighted by Crippen LogP contribution is -2.33. The van der Waals surface area contributed by atoms with Gasteiger partial charge in [-0.15, -0.1) is 0 Å². The Morgan fingerprint density at radius 3 is 2.40 bits per heavy atom. The quantitative estimate of drug-likeness (QED) is 0.240. The Morgan fingerprint density at radius 1 is 0.953 bits per heavy atom. The molecule has 0 aliphatic carbocycles. The molecular formula is C34H30FN3O4S. The van der Waals surface area contributed by atoms with E-state index in [0.717, 1.165) is 45.6 Å². The molecule has 218 valence electrons. The highest BCUT2D eigenvalue weighted by Crippen LogP contribution is 2.32. The topological polar surface area (TPSA) is 92.4 Å². The first-order valence-electron chi connectivity index (χ1n) is 14.0. The summed E-state index contributed by atoms with van der Waals surface area (Å²) in [6.45, 7) is 2.57. The van der Waals surface area contributed by atoms with Gasteiger partial charge in [-0.3, -0.25) is 4.79 Å². The molecule has 0 unspecified atom stereocenters. The van der Waals surface area contributed by atoms with Crippen molar-refractivity contribution in [3.63, 3.8) is 0 Å². The van der Waals surface area contributed by atoms with Crippen LogP contribution in [0.25, 0.3) is 33.8 Å². The van der Waals surface area contributed by atoms with E-state index in [2.05, 4.69) is 4.98 Å². The highest BCUT2D eigenvalue weighted by atomic mass is 32.2. The maximum Gasteiger partial charge on any atom is 0.254 e. The fraction of sp³-hybridized carbons (Fsp3) is 0.176. The number of H-pyrrole nitrogens is 1. The number of hydrogen-bond donors (Lipinski definition) is 1. The molecule has 1 aliphatic heterocycles. The van der Waals surface area contributed by atoms with Crippen LogP contribution < -0.4 is 4.74 Å². The monoisotopic (exact) mass is 595 g/mol. The number of rotatable bonds is 6. The summed E-state index contributed by atoms with van der Waals surface area (Å²) in [7, 11) is -3.76. The molecule has 5 aromatic rings. The number of ether oxygens (including phenoxy) is 1. The van der Waals surface area contributed by atoms with E-state index in [1.165, 1.54) is 12.1 Å². The van der Waals surface area contributed by atoms with Crippen LogP contribution >= 0.6 is 0 Å². The lowest BCUT2D eigenvalue weighted by Gasteiger charge is -2.22. The van der Waals surface area contributed by atoms with Crippen molar-refractivity contribution in [2.24, 2.45) is 0 Å². The Labute approximate surface area is 249 Å². The predicted octanol–water partition coefficient (Wildman–Crippen LogP) is 6.55. The first kappa shape index (κ1) is 28.4. The molecule has 7 nitrogen and oxygen atoms in total. The van der Waals surface area contributed by atoms with Gasteiger partial charge in [-0.25, -0.2) is 17.8 Å². The van der Waals surface area contributed by atoms with Crippen molar-refractivity contribution in [1.29, 1.82) is 0 Å². The number of halogens is 1. The summed E-state index contributed by atoms with van der Waals surface area (Å²) in [6.07, 6.45) is 3.04. The van der Waals surface area contributed by atoms with Gasteiger partial charge in [-0.05, 0) is 41.8 Å². The second kappa shape index (κ2) is 11.5. The number of fused-ring (bicyclic) bond motifs is 1. The van der Waals surface area contributed by atoms with Crippen LogP contribution in [0, 0.1) is 5.82 Å². The lowest BCUT2D eigenvalue weighted by molar-refractivity contribution is 0.0731. The van der Waals surface area contributed by atoms with Crippen LogP contribution in [0.2, 0.25) is 0 Å². The maximum atomic E-state index is 15.2. The van der Waals surface area contributed by atoms with Gasteiger partial charge in [0, 0.05) is 46.8 Å². The predicted molar refractivity (Wildman–Crippen MR) is 164 cm³/mol. The summed E-state index contributed by atoms with van der Waals surface area (Å²) in [4.78, 5) is 22.8. The number of carbonyl (C=O) groups is 1. The minimum absolute atomic E-state index is 0.0969. The molecular weight excluding hydrogens is 565 g/mol. The van der Waals surface area contributed by atoms with E-state index in [-0.39, 0.29) is 36.6 Å². The van der Waals surface area contributed by atoms with E-state index < -0.39 is 20.5 Å². The van der Waals surface area contributed by atoms with Gasteiger partial charge < -0.3 is 14.6 Å². The summed E-state index contributed by atoms with van der Waals surface area (Å²) < 4.78 is 45.2. The molecule has 0 saturated heterocycles. The van der Waals surface area contributed by atoms with Crippen LogP contribution in [0.4, 0.5) is 4.39 Å². The number of imidazole rings is 1. The first-order valence-corrected chi connectivity index (χ1v) is 15.9. The van der Waals surface area contributed by atoms with Crippen LogP contribution in [0.1, 0.15) is 28.4 Å². The number of amides is 1. The summed E-state index contributed by atoms with van der Waals surface area (Å²) in [5.41, 5.74) is 5.93. The van der Waals surface area contributed by atoms with Gasteiger partial charge in [0.15, 0.2) is 9.84 Å². The maximum absolute atomic E-state index is 15.2. The van der Waals surface area contributed by atoms with Crippen LogP contribution in [0.15, 0.2) is 96.0 Å². The molecule has 0 radical (unpaired) electrons. The number of hydrogen-bond acceptors (Lipinski definition) is 5. The number of nitrogens with one attached hydrogen (secondary N) is 1. The molecule has 2 heterocycles. The fourth-order valence-corrected chi connectivity index (χ4v) is 6.16. The molecule has 0 saturated carbocycles. The molecule has 0 fully saturated rings. The number of aromatic amines is 1. The minimum atomic E-state index is -3.76. The van der Waals surface area contributed by atoms with Crippen molar-refractivity contribution in [2.45, 2.75) is 24.8 Å². The summed E-state index contributed by atoms with van der Waals surface area (Å²) >= 11 is 0. The number of nitrogens with zero attached hydrogens (tertiary/aromatic N) is 2. The normalized spacial score (nSPS) is 13.2. The van der Waals surface area contributed by atoms with Gasteiger partial charge >= 0.3 is 0 Å². The fourth-order valence-electron chi connectivity index (χ4n) is 5.40. The molecule has 1 amide bonds. The van der Waals surface area contributed by atoms with Crippen molar-refractivity contribution < 1.29 is 22.3 Å². The largest absolute Gasteiger partial charge is 0.491 e. The lowest BCUT2D eigenvalue weighted by atomic mass is 10.00. The standard InChI is InChI=1S/C34H30FN3O4S/c1-3-27-28(14-16-31(32(27)35)43(2,40)41)34(39)38-17-18-42-30-15-13-25(19-26(30)21-38)22-9-11-24(12-10-22)33-36-20-29(37-33)23-7-5-4-6-8-23/h4-16,19-20H,3,17-18,21H2,1-2H3,(H,36,37). The van der Waals surface area contributed by atoms with Crippen molar-refractivity contribution in [1.82, 2.24) is 14.9 Å². The van der Waals surface area contributed by atoms with E-state index in [0.29, 0.717) is 12.3 Å². The molecule has 0 bridgehead atoms. The average Bonchev–Trinajstić information content (AvgIpc) is 3.41. The number of benzene rings is 4. The van der Waals surface area contributed by atoms with Gasteiger partial charge in [0.25, 0.3) is 5.91 Å². The Balaban J connectivity index is 1.24. The second-order valence-corrected chi connectivity index (χ2v) is 12.5. The van der Waals surface area contributed by atoms with Crippen molar-refractivity contribution in [3.8, 4) is 39.5 Å². The Hall–Kier alpha value is -4.76. The van der Waals surface area contributed by atoms with E-state index in [1.807, 2.05) is 79.0 Å². The zero-order chi connectivity index (χ0) is 30.1. The van der Waals surface area contributed by atoms with Crippen LogP contribution in [-0.2, 0) is 22.8 Å². The van der Waals surface area contributed by atoms with E-state index >= 15 is 4.39 Å². The summed E-state index contributed by atoms with van der Waals surface area (Å²) in [5, 5.41) is 0. The molecule has 9 heteroatoms. The van der Waals surface area contributed by atoms with Gasteiger partial charge in [-0.1, -0.05) is 67.6 Å². The van der Waals surface area contributed by atoms with Crippen molar-refractivity contribution >= 4 is 15.7 Å². The van der Waals surface area contributed by atoms with Gasteiger partial charge in [0.05, 0.1) is 12.2 Å². The first-order chi connectivity index (χ1) is 20.7. The SMILES string of the molecule is CCc1c(C(=O)N2CCOc3ccc(-c4ccc(-c5nc(-c6ccccc6)c[nH]5)cc4)cc3C2)ccc(S(C)(=O)=O)c1F. The molecule has 1 aromatic heterocycles. The molecule has 1 N–H and O–H groups in total. The highest BCUT2D eigenvalue weighted by Gasteiger charge is 2.27. The number of aromatic nitrogens is 2. The summed E-state index contributed by atoms with van der Waals surface area (Å²) in [6, 6.07) is 26.6. The zero-order valence-corrected chi connectivity index (χ0v) is 24.6. The van der Waals surface area contributed by atoms with E-state index in [1.54, 1.807) is 11.8 Å². The van der Waals surface area contributed by atoms with E-state index in [9.17, 15) is 13.2 Å². The average molecular weight is 596 g/mol. The number of sulfone groups is 1. The Morgan fingerprint density at radius 2 is 1.67 bits per heavy atom. The molecule has 0 spiro atoms. The third kappa shape index (κ3) is 5.68. The molecule has 4 aromatic carbocycles. The Bertz CT molecular complexity index is 1920. The zero-order valence-electron chi connectivity index (χ0n) is 23.8.